The number of nitrogens with one attached hydrogen (secondary N) is 1. The van der Waals surface area contributed by atoms with E-state index in [0.29, 0.717) is 24.6 Å². The van der Waals surface area contributed by atoms with E-state index in [9.17, 15) is 8.42 Å². The van der Waals surface area contributed by atoms with E-state index in [1.165, 1.54) is 15.6 Å². The molecule has 1 heterocycles. The fraction of sp³-hybridized carbons (Fsp3) is 0.429. The lowest BCUT2D eigenvalue weighted by Gasteiger charge is -2.17. The molecule has 0 spiro atoms. The first kappa shape index (κ1) is 16.4. The van der Waals surface area contributed by atoms with E-state index in [-0.39, 0.29) is 0 Å². The maximum absolute atomic E-state index is 12.9. The fourth-order valence-electron chi connectivity index (χ4n) is 2.13. The lowest BCUT2D eigenvalue weighted by molar-refractivity contribution is 0.185. The Kier molecular flexibility index (Phi) is 5.34. The van der Waals surface area contributed by atoms with Gasteiger partial charge < -0.3 is 10.1 Å². The molecule has 21 heavy (non-hydrogen) atoms. The van der Waals surface area contributed by atoms with Gasteiger partial charge in [-0.2, -0.15) is 4.31 Å². The molecule has 0 unspecified atom stereocenters. The van der Waals surface area contributed by atoms with Crippen molar-refractivity contribution in [2.24, 2.45) is 0 Å². The molecule has 0 aliphatic carbocycles. The Morgan fingerprint density at radius 3 is 2.71 bits per heavy atom. The maximum Gasteiger partial charge on any atom is 0.244 e. The average molecular weight is 328 g/mol. The third-order valence-electron chi connectivity index (χ3n) is 3.23. The Morgan fingerprint density at radius 1 is 1.33 bits per heavy atom. The summed E-state index contributed by atoms with van der Waals surface area (Å²) in [6.45, 7) is 1.24. The van der Waals surface area contributed by atoms with E-state index in [4.69, 9.17) is 4.74 Å². The van der Waals surface area contributed by atoms with Crippen LogP contribution in [0, 0.1) is 0 Å². The Morgan fingerprint density at radius 2 is 2.05 bits per heavy atom. The number of likely N-dealkylation sites (N-methyl/N-ethyl adjacent to an activating group) is 1. The van der Waals surface area contributed by atoms with Crippen molar-refractivity contribution in [2.75, 3.05) is 34.4 Å². The summed E-state index contributed by atoms with van der Waals surface area (Å²) in [5.41, 5.74) is 0. The SMILES string of the molecule is CNCc1sc2ccccc2c1S(=O)(=O)N(C)CCOC. The van der Waals surface area contributed by atoms with Gasteiger partial charge in [-0.1, -0.05) is 18.2 Å². The molecular formula is C14H20N2O3S2. The highest BCUT2D eigenvalue weighted by atomic mass is 32.2. The van der Waals surface area contributed by atoms with Gasteiger partial charge in [-0.25, -0.2) is 8.42 Å². The molecule has 0 bridgehead atoms. The van der Waals surface area contributed by atoms with E-state index in [0.717, 1.165) is 15.0 Å². The molecule has 0 saturated carbocycles. The number of benzene rings is 1. The van der Waals surface area contributed by atoms with Crippen LogP contribution in [-0.2, 0) is 21.3 Å². The van der Waals surface area contributed by atoms with Gasteiger partial charge in [0.2, 0.25) is 10.0 Å². The minimum Gasteiger partial charge on any atom is -0.383 e. The number of sulfonamides is 1. The van der Waals surface area contributed by atoms with Gasteiger partial charge in [-0.3, -0.25) is 0 Å². The van der Waals surface area contributed by atoms with Crippen molar-refractivity contribution in [1.29, 1.82) is 0 Å². The zero-order valence-electron chi connectivity index (χ0n) is 12.4. The Labute approximate surface area is 129 Å². The minimum atomic E-state index is -3.52. The van der Waals surface area contributed by atoms with Gasteiger partial charge in [-0.05, 0) is 13.1 Å². The van der Waals surface area contributed by atoms with Gasteiger partial charge in [0.1, 0.15) is 4.90 Å². The van der Waals surface area contributed by atoms with Crippen molar-refractivity contribution in [3.8, 4) is 0 Å². The summed E-state index contributed by atoms with van der Waals surface area (Å²) in [5, 5.41) is 3.83. The molecule has 2 rings (SSSR count). The van der Waals surface area contributed by atoms with E-state index in [2.05, 4.69) is 5.32 Å². The Balaban J connectivity index is 2.55. The molecular weight excluding hydrogens is 308 g/mol. The zero-order valence-corrected chi connectivity index (χ0v) is 14.1. The fourth-order valence-corrected chi connectivity index (χ4v) is 5.19. The molecule has 0 aliphatic rings. The number of hydrogen-bond donors (Lipinski definition) is 1. The highest BCUT2D eigenvalue weighted by Gasteiger charge is 2.27. The van der Waals surface area contributed by atoms with Gasteiger partial charge in [0.25, 0.3) is 0 Å². The van der Waals surface area contributed by atoms with Crippen LogP contribution >= 0.6 is 11.3 Å². The second-order valence-electron chi connectivity index (χ2n) is 4.70. The van der Waals surface area contributed by atoms with Crippen LogP contribution in [-0.4, -0.2) is 47.1 Å². The number of ether oxygens (including phenoxy) is 1. The highest BCUT2D eigenvalue weighted by Crippen LogP contribution is 2.35. The minimum absolute atomic E-state index is 0.335. The third-order valence-corrected chi connectivity index (χ3v) is 6.52. The van der Waals surface area contributed by atoms with E-state index in [1.807, 2.05) is 31.3 Å². The van der Waals surface area contributed by atoms with Crippen molar-refractivity contribution < 1.29 is 13.2 Å². The lowest BCUT2D eigenvalue weighted by atomic mass is 10.2. The summed E-state index contributed by atoms with van der Waals surface area (Å²) >= 11 is 1.52. The molecule has 0 saturated heterocycles. The average Bonchev–Trinajstić information content (AvgIpc) is 2.83. The quantitative estimate of drug-likeness (QED) is 0.843. The molecule has 0 atom stereocenters. The normalized spacial score (nSPS) is 12.4. The summed E-state index contributed by atoms with van der Waals surface area (Å²) in [7, 11) is 1.44. The monoisotopic (exact) mass is 328 g/mol. The number of fused-ring (bicyclic) bond motifs is 1. The number of thiophene rings is 1. The Hall–Kier alpha value is -0.990. The molecule has 0 aliphatic heterocycles. The zero-order chi connectivity index (χ0) is 15.5. The van der Waals surface area contributed by atoms with Gasteiger partial charge in [-0.15, -0.1) is 11.3 Å². The van der Waals surface area contributed by atoms with Crippen LogP contribution in [0.15, 0.2) is 29.2 Å². The van der Waals surface area contributed by atoms with Crippen LogP contribution in [0.5, 0.6) is 0 Å². The van der Waals surface area contributed by atoms with E-state index >= 15 is 0 Å². The summed E-state index contributed by atoms with van der Waals surface area (Å²) in [4.78, 5) is 1.25. The maximum atomic E-state index is 12.9. The number of nitrogens with zero attached hydrogens (tertiary/aromatic N) is 1. The molecule has 1 aromatic heterocycles. The van der Waals surface area contributed by atoms with Crippen LogP contribution < -0.4 is 5.32 Å². The van der Waals surface area contributed by atoms with Gasteiger partial charge in [0.05, 0.1) is 6.61 Å². The molecule has 2 aromatic rings. The topological polar surface area (TPSA) is 58.6 Å². The number of methoxy groups -OCH3 is 1. The first-order chi connectivity index (χ1) is 10.0. The van der Waals surface area contributed by atoms with Crippen LogP contribution in [0.25, 0.3) is 10.1 Å². The molecule has 0 radical (unpaired) electrons. The largest absolute Gasteiger partial charge is 0.383 e. The van der Waals surface area contributed by atoms with Gasteiger partial charge >= 0.3 is 0 Å². The first-order valence-electron chi connectivity index (χ1n) is 6.62. The van der Waals surface area contributed by atoms with Crippen molar-refractivity contribution in [2.45, 2.75) is 11.4 Å². The van der Waals surface area contributed by atoms with Crippen LogP contribution in [0.4, 0.5) is 0 Å². The van der Waals surface area contributed by atoms with Gasteiger partial charge in [0, 0.05) is 42.2 Å². The number of rotatable bonds is 7. The summed E-state index contributed by atoms with van der Waals surface area (Å²) in [6, 6.07) is 7.61. The first-order valence-corrected chi connectivity index (χ1v) is 8.88. The van der Waals surface area contributed by atoms with Crippen molar-refractivity contribution >= 4 is 31.4 Å². The predicted molar refractivity (Wildman–Crippen MR) is 86.3 cm³/mol. The molecule has 1 N–H and O–H groups in total. The lowest BCUT2D eigenvalue weighted by Crippen LogP contribution is -2.30. The van der Waals surface area contributed by atoms with Crippen LogP contribution in [0.3, 0.4) is 0 Å². The smallest absolute Gasteiger partial charge is 0.244 e. The third kappa shape index (κ3) is 3.27. The molecule has 5 nitrogen and oxygen atoms in total. The molecule has 0 amide bonds. The van der Waals surface area contributed by atoms with E-state index in [1.54, 1.807) is 14.2 Å². The van der Waals surface area contributed by atoms with Gasteiger partial charge in [0.15, 0.2) is 0 Å². The van der Waals surface area contributed by atoms with E-state index < -0.39 is 10.0 Å². The molecule has 116 valence electrons. The standard InChI is InChI=1S/C14H20N2O3S2/c1-15-10-13-14(11-6-4-5-7-12(11)20-13)21(17,18)16(2)8-9-19-3/h4-7,15H,8-10H2,1-3H3. The summed E-state index contributed by atoms with van der Waals surface area (Å²) in [5.74, 6) is 0. The van der Waals surface area contributed by atoms with Crippen LogP contribution in [0.2, 0.25) is 0 Å². The predicted octanol–water partition coefficient (Wildman–Crippen LogP) is 1.89. The molecule has 0 fully saturated rings. The van der Waals surface area contributed by atoms with Crippen molar-refractivity contribution in [1.82, 2.24) is 9.62 Å². The number of hydrogen-bond acceptors (Lipinski definition) is 5. The molecule has 7 heteroatoms. The van der Waals surface area contributed by atoms with Crippen molar-refractivity contribution in [3.63, 3.8) is 0 Å². The van der Waals surface area contributed by atoms with Crippen LogP contribution in [0.1, 0.15) is 4.88 Å². The molecule has 1 aromatic carbocycles. The highest BCUT2D eigenvalue weighted by molar-refractivity contribution is 7.89. The van der Waals surface area contributed by atoms with Crippen molar-refractivity contribution in [3.05, 3.63) is 29.1 Å². The Bertz CT molecular complexity index is 710. The second-order valence-corrected chi connectivity index (χ2v) is 7.82. The summed E-state index contributed by atoms with van der Waals surface area (Å²) < 4.78 is 33.0. The second kappa shape index (κ2) is 6.85. The summed E-state index contributed by atoms with van der Waals surface area (Å²) in [6.07, 6.45) is 0.